The molecule has 0 atom stereocenters. The maximum atomic E-state index is 13.2. The smallest absolute Gasteiger partial charge is 0.293 e. The summed E-state index contributed by atoms with van der Waals surface area (Å²) in [7, 11) is 0. The standard InChI is InChI=1S/C14H11F2NO3/c15-10-4-3-9(5-11(10)16)14-17-12(6-19-7-18)13(20-14)8-1-2-8/h3-5,7-8H,1-2,6H2. The Morgan fingerprint density at radius 1 is 1.35 bits per heavy atom. The van der Waals surface area contributed by atoms with Crippen LogP contribution in [0.3, 0.4) is 0 Å². The monoisotopic (exact) mass is 279 g/mol. The Bertz CT molecular complexity index is 650. The van der Waals surface area contributed by atoms with Crippen LogP contribution in [0.1, 0.15) is 30.2 Å². The van der Waals surface area contributed by atoms with Gasteiger partial charge in [-0.2, -0.15) is 0 Å². The van der Waals surface area contributed by atoms with Crippen molar-refractivity contribution in [3.8, 4) is 11.5 Å². The lowest BCUT2D eigenvalue weighted by Gasteiger charge is -1.96. The Hall–Kier alpha value is -2.24. The van der Waals surface area contributed by atoms with Crippen LogP contribution in [0.2, 0.25) is 0 Å². The third kappa shape index (κ3) is 2.41. The maximum absolute atomic E-state index is 13.2. The van der Waals surface area contributed by atoms with Gasteiger partial charge in [-0.3, -0.25) is 4.79 Å². The minimum absolute atomic E-state index is 0.0164. The number of rotatable bonds is 5. The Labute approximate surface area is 113 Å². The summed E-state index contributed by atoms with van der Waals surface area (Å²) in [5.41, 5.74) is 0.877. The lowest BCUT2D eigenvalue weighted by atomic mass is 10.2. The molecule has 0 saturated heterocycles. The summed E-state index contributed by atoms with van der Waals surface area (Å²) < 4.78 is 36.5. The highest BCUT2D eigenvalue weighted by atomic mass is 19.2. The van der Waals surface area contributed by atoms with Crippen LogP contribution in [0.25, 0.3) is 11.5 Å². The number of halogens is 2. The Balaban J connectivity index is 1.96. The van der Waals surface area contributed by atoms with Gasteiger partial charge in [-0.1, -0.05) is 0 Å². The Morgan fingerprint density at radius 3 is 2.80 bits per heavy atom. The molecule has 0 aliphatic heterocycles. The quantitative estimate of drug-likeness (QED) is 0.789. The largest absolute Gasteiger partial charge is 0.461 e. The first-order valence-electron chi connectivity index (χ1n) is 6.19. The normalized spacial score (nSPS) is 14.3. The third-order valence-corrected chi connectivity index (χ3v) is 3.13. The second-order valence-electron chi connectivity index (χ2n) is 4.64. The number of benzene rings is 1. The van der Waals surface area contributed by atoms with E-state index in [9.17, 15) is 13.6 Å². The molecule has 3 rings (SSSR count). The average Bonchev–Trinajstić information content (AvgIpc) is 3.20. The van der Waals surface area contributed by atoms with Crippen molar-refractivity contribution in [2.45, 2.75) is 25.4 Å². The van der Waals surface area contributed by atoms with Gasteiger partial charge in [-0.25, -0.2) is 13.8 Å². The third-order valence-electron chi connectivity index (χ3n) is 3.13. The maximum Gasteiger partial charge on any atom is 0.293 e. The Morgan fingerprint density at radius 2 is 2.15 bits per heavy atom. The van der Waals surface area contributed by atoms with Crippen LogP contribution in [-0.4, -0.2) is 11.5 Å². The van der Waals surface area contributed by atoms with Gasteiger partial charge < -0.3 is 9.15 Å². The van der Waals surface area contributed by atoms with Crippen molar-refractivity contribution in [2.75, 3.05) is 0 Å². The Kier molecular flexibility index (Phi) is 3.22. The molecule has 0 unspecified atom stereocenters. The van der Waals surface area contributed by atoms with E-state index in [2.05, 4.69) is 4.98 Å². The van der Waals surface area contributed by atoms with E-state index in [0.717, 1.165) is 25.0 Å². The first kappa shape index (κ1) is 12.8. The zero-order chi connectivity index (χ0) is 14.1. The van der Waals surface area contributed by atoms with Gasteiger partial charge in [-0.15, -0.1) is 0 Å². The van der Waals surface area contributed by atoms with Crippen molar-refractivity contribution in [3.05, 3.63) is 41.3 Å². The lowest BCUT2D eigenvalue weighted by Crippen LogP contribution is -1.94. The van der Waals surface area contributed by atoms with E-state index in [0.29, 0.717) is 23.5 Å². The number of nitrogens with zero attached hydrogens (tertiary/aromatic N) is 1. The molecule has 0 bridgehead atoms. The first-order chi connectivity index (χ1) is 9.69. The molecular weight excluding hydrogens is 268 g/mol. The number of carbonyl (C=O) groups excluding carboxylic acids is 1. The van der Waals surface area contributed by atoms with Gasteiger partial charge >= 0.3 is 0 Å². The van der Waals surface area contributed by atoms with E-state index in [1.54, 1.807) is 0 Å². The van der Waals surface area contributed by atoms with E-state index in [1.807, 2.05) is 0 Å². The fourth-order valence-corrected chi connectivity index (χ4v) is 2.00. The van der Waals surface area contributed by atoms with Crippen LogP contribution in [0.5, 0.6) is 0 Å². The molecular formula is C14H11F2NO3. The zero-order valence-corrected chi connectivity index (χ0v) is 10.4. The first-order valence-corrected chi connectivity index (χ1v) is 6.19. The molecule has 20 heavy (non-hydrogen) atoms. The summed E-state index contributed by atoms with van der Waals surface area (Å²) in [6, 6.07) is 3.45. The van der Waals surface area contributed by atoms with Crippen molar-refractivity contribution in [2.24, 2.45) is 0 Å². The molecule has 0 spiro atoms. The SMILES string of the molecule is O=COCc1nc(-c2ccc(F)c(F)c2)oc1C1CC1. The van der Waals surface area contributed by atoms with E-state index in [4.69, 9.17) is 9.15 Å². The lowest BCUT2D eigenvalue weighted by molar-refractivity contribution is -0.129. The second-order valence-corrected chi connectivity index (χ2v) is 4.64. The van der Waals surface area contributed by atoms with Crippen LogP contribution in [0, 0.1) is 11.6 Å². The molecule has 0 amide bonds. The highest BCUT2D eigenvalue weighted by Crippen LogP contribution is 2.43. The van der Waals surface area contributed by atoms with Crippen molar-refractivity contribution >= 4 is 6.47 Å². The van der Waals surface area contributed by atoms with Gasteiger partial charge in [0.1, 0.15) is 18.1 Å². The van der Waals surface area contributed by atoms with E-state index < -0.39 is 11.6 Å². The number of hydrogen-bond acceptors (Lipinski definition) is 4. The highest BCUT2D eigenvalue weighted by Gasteiger charge is 2.31. The second kappa shape index (κ2) is 5.03. The van der Waals surface area contributed by atoms with Crippen molar-refractivity contribution in [1.29, 1.82) is 0 Å². The van der Waals surface area contributed by atoms with Gasteiger partial charge in [0.05, 0.1) is 0 Å². The fourth-order valence-electron chi connectivity index (χ4n) is 2.00. The molecule has 2 aromatic rings. The van der Waals surface area contributed by atoms with E-state index in [1.165, 1.54) is 6.07 Å². The summed E-state index contributed by atoms with van der Waals surface area (Å²) in [5.74, 6) is -0.750. The summed E-state index contributed by atoms with van der Waals surface area (Å²) in [6.45, 7) is 0.352. The summed E-state index contributed by atoms with van der Waals surface area (Å²) in [5, 5.41) is 0. The highest BCUT2D eigenvalue weighted by molar-refractivity contribution is 5.54. The van der Waals surface area contributed by atoms with Gasteiger partial charge in [-0.05, 0) is 31.0 Å². The number of carbonyl (C=O) groups is 1. The summed E-state index contributed by atoms with van der Waals surface area (Å²) >= 11 is 0. The van der Waals surface area contributed by atoms with Crippen LogP contribution in [0.15, 0.2) is 22.6 Å². The molecule has 1 saturated carbocycles. The molecule has 1 aliphatic rings. The van der Waals surface area contributed by atoms with Gasteiger partial charge in [0.2, 0.25) is 5.89 Å². The zero-order valence-electron chi connectivity index (χ0n) is 10.4. The molecule has 1 aromatic heterocycles. The minimum Gasteiger partial charge on any atom is -0.461 e. The molecule has 4 nitrogen and oxygen atoms in total. The van der Waals surface area contributed by atoms with Crippen molar-refractivity contribution in [3.63, 3.8) is 0 Å². The number of ether oxygens (including phenoxy) is 1. The molecule has 0 N–H and O–H groups in total. The number of oxazole rings is 1. The summed E-state index contributed by atoms with van der Waals surface area (Å²) in [4.78, 5) is 14.5. The van der Waals surface area contributed by atoms with Crippen molar-refractivity contribution in [1.82, 2.24) is 4.98 Å². The van der Waals surface area contributed by atoms with Gasteiger partial charge in [0.15, 0.2) is 11.6 Å². The fraction of sp³-hybridized carbons (Fsp3) is 0.286. The van der Waals surface area contributed by atoms with Crippen LogP contribution < -0.4 is 0 Å². The van der Waals surface area contributed by atoms with Gasteiger partial charge in [0, 0.05) is 11.5 Å². The molecule has 1 fully saturated rings. The number of hydrogen-bond donors (Lipinski definition) is 0. The topological polar surface area (TPSA) is 52.3 Å². The number of aromatic nitrogens is 1. The minimum atomic E-state index is -0.959. The van der Waals surface area contributed by atoms with E-state index in [-0.39, 0.29) is 18.4 Å². The molecule has 104 valence electrons. The van der Waals surface area contributed by atoms with Crippen LogP contribution in [0.4, 0.5) is 8.78 Å². The summed E-state index contributed by atoms with van der Waals surface area (Å²) in [6.07, 6.45) is 1.97. The van der Waals surface area contributed by atoms with E-state index >= 15 is 0 Å². The molecule has 1 heterocycles. The van der Waals surface area contributed by atoms with Gasteiger partial charge in [0.25, 0.3) is 6.47 Å². The average molecular weight is 279 g/mol. The molecule has 6 heteroatoms. The predicted octanol–water partition coefficient (Wildman–Crippen LogP) is 3.17. The molecule has 1 aromatic carbocycles. The van der Waals surface area contributed by atoms with Crippen LogP contribution in [-0.2, 0) is 16.1 Å². The van der Waals surface area contributed by atoms with Crippen molar-refractivity contribution < 1.29 is 22.7 Å². The predicted molar refractivity (Wildman–Crippen MR) is 64.7 cm³/mol. The molecule has 0 radical (unpaired) electrons. The molecule has 1 aliphatic carbocycles. The van der Waals surface area contributed by atoms with Crippen LogP contribution >= 0.6 is 0 Å².